The summed E-state index contributed by atoms with van der Waals surface area (Å²) >= 11 is 0. The van der Waals surface area contributed by atoms with Gasteiger partial charge in [-0.05, 0) is 44.9 Å². The second-order valence-corrected chi connectivity index (χ2v) is 20.0. The van der Waals surface area contributed by atoms with E-state index in [0.29, 0.717) is 19.3 Å². The fourth-order valence-electron chi connectivity index (χ4n) is 8.94. The number of ether oxygens (including phenoxy) is 3. The number of nitrogens with one attached hydrogen (secondary N) is 1. The highest BCUT2D eigenvalue weighted by atomic mass is 16.7. The van der Waals surface area contributed by atoms with Crippen LogP contribution in [0, 0.1) is 0 Å². The zero-order valence-corrected chi connectivity index (χ0v) is 44.4. The highest BCUT2D eigenvalue weighted by Crippen LogP contribution is 2.26. The number of hydrogen-bond donors (Lipinski definition) is 6. The highest BCUT2D eigenvalue weighted by Gasteiger charge is 2.47. The molecule has 1 fully saturated rings. The lowest BCUT2D eigenvalue weighted by Gasteiger charge is -2.41. The number of aliphatic hydroxyl groups excluding tert-OH is 5. The topological polar surface area (TPSA) is 175 Å². The second kappa shape index (κ2) is 46.9. The van der Waals surface area contributed by atoms with Gasteiger partial charge in [-0.15, -0.1) is 0 Å². The van der Waals surface area contributed by atoms with Crippen LogP contribution in [0.15, 0.2) is 36.5 Å². The Labute approximate surface area is 422 Å². The number of carbonyl (C=O) groups is 2. The molecule has 69 heavy (non-hydrogen) atoms. The number of rotatable bonds is 48. The number of carbonyl (C=O) groups excluding carboxylic acids is 2. The van der Waals surface area contributed by atoms with Crippen molar-refractivity contribution >= 4 is 11.9 Å². The Morgan fingerprint density at radius 3 is 1.48 bits per heavy atom. The van der Waals surface area contributed by atoms with Crippen molar-refractivity contribution in [2.24, 2.45) is 0 Å². The van der Waals surface area contributed by atoms with Gasteiger partial charge in [0.1, 0.15) is 24.4 Å². The van der Waals surface area contributed by atoms with Crippen LogP contribution in [0.5, 0.6) is 0 Å². The molecule has 0 aliphatic carbocycles. The molecule has 0 bridgehead atoms. The zero-order chi connectivity index (χ0) is 50.4. The minimum absolute atomic E-state index is 0.0198. The monoisotopic (exact) mass is 978 g/mol. The van der Waals surface area contributed by atoms with Crippen LogP contribution >= 0.6 is 0 Å². The van der Waals surface area contributed by atoms with Gasteiger partial charge in [-0.3, -0.25) is 9.59 Å². The molecule has 1 amide bonds. The van der Waals surface area contributed by atoms with Crippen LogP contribution in [0.4, 0.5) is 0 Å². The third-order valence-corrected chi connectivity index (χ3v) is 13.6. The SMILES string of the molecule is CCCCCCCC/C=C\C/C=C/CCC(=O)OC1C(OCC(NC(=O)C(O)CCCCCCCCCCCCCCCC)C(O)/C=C/CCCCCCCCCCCCC)OC(CO)C(O)C1O. The number of unbranched alkanes of at least 4 members (excludes halogenated alkanes) is 30. The van der Waals surface area contributed by atoms with Gasteiger partial charge >= 0.3 is 5.97 Å². The number of aliphatic hydroxyl groups is 5. The number of esters is 1. The van der Waals surface area contributed by atoms with Gasteiger partial charge in [-0.25, -0.2) is 0 Å². The Hall–Kier alpha value is -2.12. The minimum Gasteiger partial charge on any atom is -0.454 e. The average molecular weight is 978 g/mol. The summed E-state index contributed by atoms with van der Waals surface area (Å²) in [6, 6.07) is -1.03. The van der Waals surface area contributed by atoms with Gasteiger partial charge in [0.15, 0.2) is 12.4 Å². The normalized spacial score (nSPS) is 20.0. The van der Waals surface area contributed by atoms with Gasteiger partial charge in [-0.2, -0.15) is 0 Å². The summed E-state index contributed by atoms with van der Waals surface area (Å²) in [6.45, 7) is 5.75. The Morgan fingerprint density at radius 1 is 0.565 bits per heavy atom. The van der Waals surface area contributed by atoms with Crippen molar-refractivity contribution in [2.45, 2.75) is 307 Å². The van der Waals surface area contributed by atoms with Crippen LogP contribution in [-0.4, -0.2) is 99.6 Å². The Kier molecular flexibility index (Phi) is 44.1. The van der Waals surface area contributed by atoms with Crippen molar-refractivity contribution in [1.82, 2.24) is 5.32 Å². The van der Waals surface area contributed by atoms with Gasteiger partial charge < -0.3 is 45.1 Å². The lowest BCUT2D eigenvalue weighted by Crippen LogP contribution is -2.61. The van der Waals surface area contributed by atoms with E-state index >= 15 is 0 Å². The lowest BCUT2D eigenvalue weighted by atomic mass is 9.99. The highest BCUT2D eigenvalue weighted by molar-refractivity contribution is 5.80. The van der Waals surface area contributed by atoms with Gasteiger partial charge in [0.05, 0.1) is 25.4 Å². The van der Waals surface area contributed by atoms with E-state index in [1.807, 2.05) is 18.2 Å². The molecule has 0 saturated carbocycles. The van der Waals surface area contributed by atoms with Crippen LogP contribution in [-0.2, 0) is 23.8 Å². The molecule has 0 aromatic rings. The second-order valence-electron chi connectivity index (χ2n) is 20.0. The molecule has 1 rings (SSSR count). The van der Waals surface area contributed by atoms with Gasteiger partial charge in [0.2, 0.25) is 5.91 Å². The van der Waals surface area contributed by atoms with E-state index in [1.165, 1.54) is 161 Å². The largest absolute Gasteiger partial charge is 0.454 e. The minimum atomic E-state index is -1.63. The van der Waals surface area contributed by atoms with E-state index in [4.69, 9.17) is 14.2 Å². The molecular weight excluding hydrogens is 871 g/mol. The summed E-state index contributed by atoms with van der Waals surface area (Å²) < 4.78 is 17.5. The summed E-state index contributed by atoms with van der Waals surface area (Å²) in [7, 11) is 0. The van der Waals surface area contributed by atoms with E-state index in [-0.39, 0.29) is 13.0 Å². The van der Waals surface area contributed by atoms with Crippen LogP contribution in [0.2, 0.25) is 0 Å². The Bertz CT molecular complexity index is 1260. The molecule has 1 aliphatic heterocycles. The van der Waals surface area contributed by atoms with Gasteiger partial charge in [0.25, 0.3) is 0 Å². The molecule has 8 unspecified atom stereocenters. The molecule has 1 saturated heterocycles. The predicted molar refractivity (Wildman–Crippen MR) is 283 cm³/mol. The third-order valence-electron chi connectivity index (χ3n) is 13.6. The summed E-state index contributed by atoms with van der Waals surface area (Å²) in [5, 5.41) is 56.7. The van der Waals surface area contributed by atoms with Crippen LogP contribution in [0.25, 0.3) is 0 Å². The lowest BCUT2D eigenvalue weighted by molar-refractivity contribution is -0.305. The van der Waals surface area contributed by atoms with Crippen molar-refractivity contribution in [3.05, 3.63) is 36.5 Å². The van der Waals surface area contributed by atoms with Crippen LogP contribution in [0.1, 0.15) is 258 Å². The standard InChI is InChI=1S/C58H107NO10/c1-4-7-10-13-16-19-22-25-28-30-33-36-39-42-45-51(62)57(66)59-49(50(61)44-41-38-35-32-29-26-23-20-17-14-11-8-5-2)48-67-58-56(55(65)54(64)52(47-60)68-58)69-53(63)46-43-40-37-34-31-27-24-21-18-15-12-9-6-3/h27,31,37,40-41,44,49-52,54-56,58,60-62,64-65H,4-26,28-30,32-36,38-39,42-43,45-48H2,1-3H3,(H,59,66)/b31-27-,40-37+,44-41+. The first-order valence-electron chi connectivity index (χ1n) is 28.8. The van der Waals surface area contributed by atoms with E-state index in [1.54, 1.807) is 6.08 Å². The van der Waals surface area contributed by atoms with E-state index in [0.717, 1.165) is 51.4 Å². The summed E-state index contributed by atoms with van der Waals surface area (Å²) in [5.74, 6) is -1.26. The van der Waals surface area contributed by atoms with Crippen LogP contribution < -0.4 is 5.32 Å². The molecule has 0 spiro atoms. The average Bonchev–Trinajstić information content (AvgIpc) is 3.34. The molecule has 0 radical (unpaired) electrons. The van der Waals surface area contributed by atoms with Crippen LogP contribution in [0.3, 0.4) is 0 Å². The molecule has 0 aromatic heterocycles. The van der Waals surface area contributed by atoms with Crippen molar-refractivity contribution in [2.75, 3.05) is 13.2 Å². The number of amides is 1. The predicted octanol–water partition coefficient (Wildman–Crippen LogP) is 12.7. The Balaban J connectivity index is 2.77. The summed E-state index contributed by atoms with van der Waals surface area (Å²) in [4.78, 5) is 26.4. The maximum absolute atomic E-state index is 13.4. The third kappa shape index (κ3) is 35.6. The molecule has 0 aromatic carbocycles. The quantitative estimate of drug-likeness (QED) is 0.0196. The van der Waals surface area contributed by atoms with Gasteiger partial charge in [0, 0.05) is 6.42 Å². The van der Waals surface area contributed by atoms with Crippen molar-refractivity contribution in [1.29, 1.82) is 0 Å². The molecule has 8 atom stereocenters. The molecule has 1 aliphatic rings. The Morgan fingerprint density at radius 2 is 1.00 bits per heavy atom. The number of allylic oxidation sites excluding steroid dienone is 5. The van der Waals surface area contributed by atoms with E-state index in [9.17, 15) is 35.1 Å². The maximum atomic E-state index is 13.4. The zero-order valence-electron chi connectivity index (χ0n) is 44.4. The molecular formula is C58H107NO10. The first-order valence-corrected chi connectivity index (χ1v) is 28.8. The first-order chi connectivity index (χ1) is 33.7. The molecule has 6 N–H and O–H groups in total. The van der Waals surface area contributed by atoms with Gasteiger partial charge in [-0.1, -0.05) is 243 Å². The van der Waals surface area contributed by atoms with E-state index in [2.05, 4.69) is 38.2 Å². The molecule has 11 heteroatoms. The van der Waals surface area contributed by atoms with Crippen molar-refractivity contribution in [3.8, 4) is 0 Å². The fraction of sp³-hybridized carbons (Fsp3) is 0.862. The van der Waals surface area contributed by atoms with Crippen molar-refractivity contribution < 1.29 is 49.3 Å². The van der Waals surface area contributed by atoms with E-state index < -0.39 is 67.4 Å². The summed E-state index contributed by atoms with van der Waals surface area (Å²) in [6.07, 6.45) is 43.4. The fourth-order valence-corrected chi connectivity index (χ4v) is 8.94. The molecule has 1 heterocycles. The smallest absolute Gasteiger partial charge is 0.306 e. The van der Waals surface area contributed by atoms with Crippen molar-refractivity contribution in [3.63, 3.8) is 0 Å². The summed E-state index contributed by atoms with van der Waals surface area (Å²) in [5.41, 5.74) is 0. The number of hydrogen-bond acceptors (Lipinski definition) is 10. The molecule has 404 valence electrons. The first kappa shape index (κ1) is 64.9. The molecule has 11 nitrogen and oxygen atoms in total. The maximum Gasteiger partial charge on any atom is 0.306 e.